The third kappa shape index (κ3) is 11.1. The number of pyridine rings is 2. The first-order chi connectivity index (χ1) is 12.5. The maximum absolute atomic E-state index is 4.01. The lowest BCUT2D eigenvalue weighted by atomic mass is 10.1. The van der Waals surface area contributed by atoms with E-state index in [2.05, 4.69) is 53.9 Å². The predicted molar refractivity (Wildman–Crippen MR) is 111 cm³/mol. The van der Waals surface area contributed by atoms with Crippen molar-refractivity contribution < 1.29 is 0 Å². The fraction of sp³-hybridized carbons (Fsp3) is 0.409. The smallest absolute Gasteiger partial charge is 0.0516 e. The molecule has 0 fully saturated rings. The van der Waals surface area contributed by atoms with E-state index < -0.39 is 0 Å². The number of aromatic nitrogens is 4. The Labute approximate surface area is 159 Å². The average molecular weight is 355 g/mol. The van der Waals surface area contributed by atoms with Crippen LogP contribution in [-0.2, 0) is 0 Å². The highest BCUT2D eigenvalue weighted by Crippen LogP contribution is 2.11. The van der Waals surface area contributed by atoms with Gasteiger partial charge >= 0.3 is 0 Å². The highest BCUT2D eigenvalue weighted by Gasteiger charge is 1.94. The van der Waals surface area contributed by atoms with Crippen LogP contribution in [0.2, 0.25) is 0 Å². The molecule has 3 heterocycles. The van der Waals surface area contributed by atoms with Crippen molar-refractivity contribution in [1.29, 1.82) is 0 Å². The summed E-state index contributed by atoms with van der Waals surface area (Å²) in [5.74, 6) is 1.21. The van der Waals surface area contributed by atoms with Gasteiger partial charge in [-0.15, -0.1) is 0 Å². The second-order valence-corrected chi connectivity index (χ2v) is 6.15. The van der Waals surface area contributed by atoms with Crippen LogP contribution in [0.3, 0.4) is 0 Å². The molecular weight excluding hydrogens is 320 g/mol. The molecule has 0 atom stereocenters. The molecule has 1 N–H and O–H groups in total. The lowest BCUT2D eigenvalue weighted by molar-refractivity contribution is 0.858. The Bertz CT molecular complexity index is 589. The Balaban J connectivity index is 0.000000350. The summed E-state index contributed by atoms with van der Waals surface area (Å²) in [6.45, 7) is 14.7. The second-order valence-electron chi connectivity index (χ2n) is 6.15. The molecule has 3 rings (SSSR count). The molecule has 0 amide bonds. The normalized spacial score (nSPS) is 9.27. The molecule has 0 unspecified atom stereocenters. The SMILES string of the molecule is CC.CC(C)c1cccnc1.CC(C)c1ccncc1.Cc1cn[nH]c1. The van der Waals surface area contributed by atoms with Crippen molar-refractivity contribution in [3.05, 3.63) is 78.1 Å². The molecule has 3 aromatic rings. The predicted octanol–water partition coefficient (Wildman–Crippen LogP) is 6.15. The van der Waals surface area contributed by atoms with Crippen molar-refractivity contribution in [2.75, 3.05) is 0 Å². The van der Waals surface area contributed by atoms with E-state index in [1.54, 1.807) is 12.4 Å². The van der Waals surface area contributed by atoms with Gasteiger partial charge in [-0.1, -0.05) is 47.6 Å². The van der Waals surface area contributed by atoms with Crippen molar-refractivity contribution in [3.8, 4) is 0 Å². The Hall–Kier alpha value is -2.49. The van der Waals surface area contributed by atoms with Crippen LogP contribution in [-0.4, -0.2) is 20.2 Å². The molecule has 0 radical (unpaired) electrons. The van der Waals surface area contributed by atoms with E-state index in [4.69, 9.17) is 0 Å². The minimum Gasteiger partial charge on any atom is -0.285 e. The van der Waals surface area contributed by atoms with Crippen molar-refractivity contribution >= 4 is 0 Å². The summed E-state index contributed by atoms with van der Waals surface area (Å²) in [5.41, 5.74) is 3.83. The fourth-order valence-electron chi connectivity index (χ4n) is 1.78. The number of hydrogen-bond acceptors (Lipinski definition) is 3. The molecule has 0 saturated carbocycles. The van der Waals surface area contributed by atoms with E-state index in [9.17, 15) is 0 Å². The molecule has 0 aromatic carbocycles. The third-order valence-electron chi connectivity index (χ3n) is 3.36. The maximum atomic E-state index is 4.01. The van der Waals surface area contributed by atoms with Crippen molar-refractivity contribution in [2.24, 2.45) is 0 Å². The zero-order valence-corrected chi connectivity index (χ0v) is 17.3. The molecule has 4 heteroatoms. The molecule has 0 bridgehead atoms. The van der Waals surface area contributed by atoms with Gasteiger partial charge in [-0.3, -0.25) is 15.1 Å². The van der Waals surface area contributed by atoms with Crippen molar-refractivity contribution in [1.82, 2.24) is 20.2 Å². The molecular formula is C22H34N4. The molecule has 26 heavy (non-hydrogen) atoms. The van der Waals surface area contributed by atoms with Gasteiger partial charge in [0.1, 0.15) is 0 Å². The summed E-state index contributed by atoms with van der Waals surface area (Å²) in [6.07, 6.45) is 11.0. The minimum atomic E-state index is 0.596. The van der Waals surface area contributed by atoms with E-state index >= 15 is 0 Å². The van der Waals surface area contributed by atoms with Crippen LogP contribution < -0.4 is 0 Å². The summed E-state index contributed by atoms with van der Waals surface area (Å²) >= 11 is 0. The Morgan fingerprint density at radius 2 is 1.38 bits per heavy atom. The second kappa shape index (κ2) is 14.8. The van der Waals surface area contributed by atoms with E-state index in [-0.39, 0.29) is 0 Å². The van der Waals surface area contributed by atoms with Crippen LogP contribution in [0.5, 0.6) is 0 Å². The van der Waals surface area contributed by atoms with Crippen LogP contribution in [0.4, 0.5) is 0 Å². The van der Waals surface area contributed by atoms with Gasteiger partial charge in [0.15, 0.2) is 0 Å². The van der Waals surface area contributed by atoms with Gasteiger partial charge < -0.3 is 0 Å². The molecule has 0 saturated heterocycles. The van der Waals surface area contributed by atoms with Crippen LogP contribution in [0.15, 0.2) is 61.4 Å². The largest absolute Gasteiger partial charge is 0.285 e. The summed E-state index contributed by atoms with van der Waals surface area (Å²) < 4.78 is 0. The molecule has 3 aromatic heterocycles. The van der Waals surface area contributed by atoms with E-state index in [1.165, 1.54) is 16.7 Å². The Morgan fingerprint density at radius 1 is 0.769 bits per heavy atom. The van der Waals surface area contributed by atoms with Crippen molar-refractivity contribution in [3.63, 3.8) is 0 Å². The Morgan fingerprint density at radius 3 is 1.65 bits per heavy atom. The molecule has 0 spiro atoms. The minimum absolute atomic E-state index is 0.596. The molecule has 0 aliphatic carbocycles. The lowest BCUT2D eigenvalue weighted by Gasteiger charge is -2.01. The lowest BCUT2D eigenvalue weighted by Crippen LogP contribution is -1.85. The number of hydrogen-bond donors (Lipinski definition) is 1. The third-order valence-corrected chi connectivity index (χ3v) is 3.36. The van der Waals surface area contributed by atoms with E-state index in [0.717, 1.165) is 0 Å². The first-order valence-electron chi connectivity index (χ1n) is 9.26. The highest BCUT2D eigenvalue weighted by atomic mass is 15.1. The number of nitrogens with one attached hydrogen (secondary N) is 1. The van der Waals surface area contributed by atoms with Crippen LogP contribution in [0.1, 0.15) is 70.1 Å². The number of nitrogens with zero attached hydrogens (tertiary/aromatic N) is 3. The van der Waals surface area contributed by atoms with Gasteiger partial charge in [-0.25, -0.2) is 0 Å². The number of aromatic amines is 1. The highest BCUT2D eigenvalue weighted by molar-refractivity contribution is 5.13. The first-order valence-corrected chi connectivity index (χ1v) is 9.26. The molecule has 142 valence electrons. The molecule has 0 aliphatic heterocycles. The van der Waals surface area contributed by atoms with Crippen LogP contribution in [0.25, 0.3) is 0 Å². The standard InChI is InChI=1S/2C8H11N.C4H6N2.C2H6/c1-7(2)8-3-5-9-6-4-8;1-7(2)8-4-3-5-9-6-8;1-4-2-5-6-3-4;1-2/h2*3-7H,1-2H3;2-3H,1H3,(H,5,6);1-2H3. The van der Waals surface area contributed by atoms with Crippen molar-refractivity contribution in [2.45, 2.75) is 60.3 Å². The Kier molecular flexibility index (Phi) is 13.4. The molecule has 4 nitrogen and oxygen atoms in total. The number of aryl methyl sites for hydroxylation is 1. The van der Waals surface area contributed by atoms with E-state index in [1.807, 2.05) is 63.8 Å². The molecule has 0 aliphatic rings. The van der Waals surface area contributed by atoms with Gasteiger partial charge in [0.25, 0.3) is 0 Å². The van der Waals surface area contributed by atoms with Gasteiger partial charge in [0.2, 0.25) is 0 Å². The topological polar surface area (TPSA) is 54.5 Å². The zero-order chi connectivity index (χ0) is 19.8. The monoisotopic (exact) mass is 354 g/mol. The fourth-order valence-corrected chi connectivity index (χ4v) is 1.78. The van der Waals surface area contributed by atoms with Crippen LogP contribution >= 0.6 is 0 Å². The van der Waals surface area contributed by atoms with Crippen LogP contribution in [0, 0.1) is 6.92 Å². The first kappa shape index (κ1) is 23.5. The summed E-state index contributed by atoms with van der Waals surface area (Å²) in [5, 5.41) is 6.38. The summed E-state index contributed by atoms with van der Waals surface area (Å²) in [6, 6.07) is 8.16. The van der Waals surface area contributed by atoms with E-state index in [0.29, 0.717) is 11.8 Å². The quantitative estimate of drug-likeness (QED) is 0.600. The summed E-state index contributed by atoms with van der Waals surface area (Å²) in [7, 11) is 0. The number of rotatable bonds is 2. The summed E-state index contributed by atoms with van der Waals surface area (Å²) in [4.78, 5) is 7.93. The van der Waals surface area contributed by atoms with Gasteiger partial charge in [0.05, 0.1) is 6.20 Å². The van der Waals surface area contributed by atoms with Gasteiger partial charge in [0, 0.05) is 31.0 Å². The number of H-pyrrole nitrogens is 1. The van der Waals surface area contributed by atoms with Gasteiger partial charge in [-0.2, -0.15) is 5.10 Å². The van der Waals surface area contributed by atoms with Gasteiger partial charge in [-0.05, 0) is 53.6 Å². The average Bonchev–Trinajstić information content (AvgIpc) is 3.17. The zero-order valence-electron chi connectivity index (χ0n) is 17.3. The maximum Gasteiger partial charge on any atom is 0.0516 e.